The molecule has 204 valence electrons. The second-order valence-electron chi connectivity index (χ2n) is 9.68. The maximum Gasteiger partial charge on any atom is 0.421 e. The average Bonchev–Trinajstić information content (AvgIpc) is 2.93. The Morgan fingerprint density at radius 3 is 2.32 bits per heavy atom. The molecule has 4 rings (SSSR count). The van der Waals surface area contributed by atoms with Crippen molar-refractivity contribution in [3.8, 4) is 6.01 Å². The maximum atomic E-state index is 14.1. The molecular weight excluding hydrogens is 493 g/mol. The number of hydrogen-bond acceptors (Lipinski definition) is 6. The van der Waals surface area contributed by atoms with Gasteiger partial charge in [-0.15, -0.1) is 0 Å². The van der Waals surface area contributed by atoms with Gasteiger partial charge in [-0.3, -0.25) is 0 Å². The van der Waals surface area contributed by atoms with Gasteiger partial charge >= 0.3 is 12.2 Å². The number of piperidine rings is 1. The number of rotatable bonds is 10. The van der Waals surface area contributed by atoms with Gasteiger partial charge in [0.2, 0.25) is 0 Å². The van der Waals surface area contributed by atoms with Gasteiger partial charge in [-0.1, -0.05) is 56.2 Å². The molecule has 1 aliphatic heterocycles. The molecule has 0 saturated carbocycles. The fraction of sp³-hybridized carbons (Fsp3) is 0.448. The van der Waals surface area contributed by atoms with Crippen LogP contribution in [0.2, 0.25) is 0 Å². The molecule has 2 aromatic carbocycles. The molecule has 1 saturated heterocycles. The summed E-state index contributed by atoms with van der Waals surface area (Å²) in [6, 6.07) is 15.1. The molecule has 0 spiro atoms. The van der Waals surface area contributed by atoms with Gasteiger partial charge in [0.1, 0.15) is 0 Å². The Morgan fingerprint density at radius 1 is 1.03 bits per heavy atom. The quantitative estimate of drug-likeness (QED) is 0.297. The van der Waals surface area contributed by atoms with Crippen molar-refractivity contribution in [2.75, 3.05) is 29.9 Å². The molecule has 1 fully saturated rings. The van der Waals surface area contributed by atoms with E-state index in [4.69, 9.17) is 4.74 Å². The smallest absolute Gasteiger partial charge is 0.421 e. The molecule has 1 atom stereocenters. The number of halogens is 3. The summed E-state index contributed by atoms with van der Waals surface area (Å²) in [6.07, 6.45) is 0.506. The molecule has 1 aliphatic rings. The lowest BCUT2D eigenvalue weighted by atomic mass is 9.86. The van der Waals surface area contributed by atoms with Gasteiger partial charge in [-0.05, 0) is 55.4 Å². The average molecular weight is 529 g/mol. The van der Waals surface area contributed by atoms with Gasteiger partial charge in [0.25, 0.3) is 0 Å². The van der Waals surface area contributed by atoms with Gasteiger partial charge in [-0.25, -0.2) is 9.97 Å². The van der Waals surface area contributed by atoms with E-state index in [9.17, 15) is 18.3 Å². The van der Waals surface area contributed by atoms with Gasteiger partial charge < -0.3 is 20.1 Å². The van der Waals surface area contributed by atoms with E-state index >= 15 is 0 Å². The molecule has 0 amide bonds. The Balaban J connectivity index is 1.65. The van der Waals surface area contributed by atoms with Crippen LogP contribution < -0.4 is 15.0 Å². The number of aromatic nitrogens is 2. The highest BCUT2D eigenvalue weighted by Crippen LogP contribution is 2.45. The molecule has 1 aromatic heterocycles. The highest BCUT2D eigenvalue weighted by Gasteiger charge is 2.54. The van der Waals surface area contributed by atoms with Gasteiger partial charge in [0, 0.05) is 13.1 Å². The standard InChI is InChI=1S/C29H35F3N4O2/c1-3-5-15-28(37,29(30,31)32)23-11-12-26(25(18-23)35-24-19-33-27(34-20-24)38-4-2)36-16-13-22(14-17-36)21-9-7-6-8-10-21/h6-12,18-20,22,35,37H,3-5,13-17H2,1-2H3. The topological polar surface area (TPSA) is 70.5 Å². The van der Waals surface area contributed by atoms with Crippen molar-refractivity contribution in [2.24, 2.45) is 0 Å². The maximum absolute atomic E-state index is 14.1. The van der Waals surface area contributed by atoms with Crippen LogP contribution in [-0.2, 0) is 5.60 Å². The minimum Gasteiger partial charge on any atom is -0.464 e. The summed E-state index contributed by atoms with van der Waals surface area (Å²) in [5, 5.41) is 14.1. The predicted octanol–water partition coefficient (Wildman–Crippen LogP) is 6.94. The summed E-state index contributed by atoms with van der Waals surface area (Å²) in [4.78, 5) is 10.5. The third-order valence-electron chi connectivity index (χ3n) is 7.12. The molecule has 0 aliphatic carbocycles. The third-order valence-corrected chi connectivity index (χ3v) is 7.12. The summed E-state index contributed by atoms with van der Waals surface area (Å²) in [7, 11) is 0. The lowest BCUT2D eigenvalue weighted by Crippen LogP contribution is -2.42. The number of nitrogens with one attached hydrogen (secondary N) is 1. The minimum atomic E-state index is -4.81. The molecule has 0 bridgehead atoms. The Morgan fingerprint density at radius 2 is 1.71 bits per heavy atom. The van der Waals surface area contributed by atoms with Crippen LogP contribution in [0.5, 0.6) is 6.01 Å². The van der Waals surface area contributed by atoms with Crippen LogP contribution >= 0.6 is 0 Å². The largest absolute Gasteiger partial charge is 0.464 e. The van der Waals surface area contributed by atoms with E-state index in [1.165, 1.54) is 30.1 Å². The van der Waals surface area contributed by atoms with E-state index in [1.807, 2.05) is 25.1 Å². The van der Waals surface area contributed by atoms with Crippen molar-refractivity contribution in [3.05, 3.63) is 72.1 Å². The Kier molecular flexibility index (Phi) is 8.76. The summed E-state index contributed by atoms with van der Waals surface area (Å²) in [5.74, 6) is 0.437. The van der Waals surface area contributed by atoms with Crippen LogP contribution in [0.3, 0.4) is 0 Å². The van der Waals surface area contributed by atoms with Gasteiger partial charge in [0.05, 0.1) is 36.1 Å². The van der Waals surface area contributed by atoms with Crippen molar-refractivity contribution in [1.29, 1.82) is 0 Å². The Labute approximate surface area is 221 Å². The van der Waals surface area contributed by atoms with Crippen molar-refractivity contribution in [1.82, 2.24) is 9.97 Å². The molecule has 3 aromatic rings. The lowest BCUT2D eigenvalue weighted by Gasteiger charge is -2.36. The van der Waals surface area contributed by atoms with Crippen LogP contribution in [0, 0.1) is 0 Å². The Hall–Kier alpha value is -3.33. The third kappa shape index (κ3) is 6.20. The van der Waals surface area contributed by atoms with Crippen LogP contribution in [-0.4, -0.2) is 40.9 Å². The first-order valence-electron chi connectivity index (χ1n) is 13.2. The first-order chi connectivity index (χ1) is 18.2. The van der Waals surface area contributed by atoms with E-state index in [0.717, 1.165) is 31.6 Å². The second-order valence-corrected chi connectivity index (χ2v) is 9.68. The number of ether oxygens (including phenoxy) is 1. The number of alkyl halides is 3. The highest BCUT2D eigenvalue weighted by atomic mass is 19.4. The normalized spacial score (nSPS) is 16.2. The zero-order chi connectivity index (χ0) is 27.2. The van der Waals surface area contributed by atoms with E-state index < -0.39 is 18.2 Å². The molecule has 38 heavy (non-hydrogen) atoms. The first-order valence-corrected chi connectivity index (χ1v) is 13.2. The molecule has 2 heterocycles. The number of anilines is 3. The van der Waals surface area contributed by atoms with Crippen molar-refractivity contribution in [2.45, 2.75) is 63.6 Å². The molecule has 1 unspecified atom stereocenters. The fourth-order valence-electron chi connectivity index (χ4n) is 4.97. The second kappa shape index (κ2) is 12.0. The van der Waals surface area contributed by atoms with Gasteiger partial charge in [-0.2, -0.15) is 13.2 Å². The summed E-state index contributed by atoms with van der Waals surface area (Å²) < 4.78 is 47.7. The summed E-state index contributed by atoms with van der Waals surface area (Å²) in [6.45, 7) is 5.57. The zero-order valence-electron chi connectivity index (χ0n) is 21.8. The number of hydrogen-bond donors (Lipinski definition) is 2. The summed E-state index contributed by atoms with van der Waals surface area (Å²) in [5.41, 5.74) is -0.0701. The van der Waals surface area contributed by atoms with Crippen LogP contribution in [0.4, 0.5) is 30.2 Å². The molecule has 0 radical (unpaired) electrons. The highest BCUT2D eigenvalue weighted by molar-refractivity contribution is 5.76. The lowest BCUT2D eigenvalue weighted by molar-refractivity contribution is -0.269. The fourth-order valence-corrected chi connectivity index (χ4v) is 4.97. The molecular formula is C29H35F3N4O2. The van der Waals surface area contributed by atoms with Crippen molar-refractivity contribution >= 4 is 17.1 Å². The first kappa shape index (κ1) is 27.7. The van der Waals surface area contributed by atoms with Crippen molar-refractivity contribution in [3.63, 3.8) is 0 Å². The molecule has 6 nitrogen and oxygen atoms in total. The number of benzene rings is 2. The van der Waals surface area contributed by atoms with E-state index in [0.29, 0.717) is 30.3 Å². The monoisotopic (exact) mass is 528 g/mol. The molecule has 2 N–H and O–H groups in total. The Bertz CT molecular complexity index is 1170. The van der Waals surface area contributed by atoms with Crippen LogP contribution in [0.15, 0.2) is 60.9 Å². The van der Waals surface area contributed by atoms with Gasteiger partial charge in [0.15, 0.2) is 5.60 Å². The minimum absolute atomic E-state index is 0.185. The van der Waals surface area contributed by atoms with E-state index in [1.54, 1.807) is 13.0 Å². The SMILES string of the molecule is CCCCC(O)(c1ccc(N2CCC(c3ccccc3)CC2)c(Nc2cnc(OCC)nc2)c1)C(F)(F)F. The number of aliphatic hydroxyl groups is 1. The van der Waals surface area contributed by atoms with Crippen molar-refractivity contribution < 1.29 is 23.0 Å². The van der Waals surface area contributed by atoms with Crippen LogP contribution in [0.25, 0.3) is 0 Å². The van der Waals surface area contributed by atoms with Crippen LogP contribution in [0.1, 0.15) is 63.0 Å². The molecule has 9 heteroatoms. The number of nitrogens with zero attached hydrogens (tertiary/aromatic N) is 3. The van der Waals surface area contributed by atoms with E-state index in [-0.39, 0.29) is 18.0 Å². The predicted molar refractivity (Wildman–Crippen MR) is 143 cm³/mol. The van der Waals surface area contributed by atoms with E-state index in [2.05, 4.69) is 32.3 Å². The summed E-state index contributed by atoms with van der Waals surface area (Å²) >= 11 is 0. The zero-order valence-corrected chi connectivity index (χ0v) is 21.8. The number of unbranched alkanes of at least 4 members (excludes halogenated alkanes) is 1.